The molecule has 2 N–H and O–H groups in total. The van der Waals surface area contributed by atoms with Gasteiger partial charge in [-0.1, -0.05) is 0 Å². The summed E-state index contributed by atoms with van der Waals surface area (Å²) in [6, 6.07) is 0. The number of rotatable bonds is 0. The van der Waals surface area contributed by atoms with Gasteiger partial charge in [0.25, 0.3) is 0 Å². The van der Waals surface area contributed by atoms with E-state index in [-0.39, 0.29) is 5.91 Å². The number of hydrogen-bond donors (Lipinski definition) is 2. The maximum atomic E-state index is 10.9. The van der Waals surface area contributed by atoms with Crippen molar-refractivity contribution in [2.75, 3.05) is 32.8 Å². The first-order valence-corrected chi connectivity index (χ1v) is 3.95. The van der Waals surface area contributed by atoms with Crippen LogP contribution in [0.3, 0.4) is 0 Å². The van der Waals surface area contributed by atoms with Crippen LogP contribution in [0.15, 0.2) is 0 Å². The fourth-order valence-electron chi connectivity index (χ4n) is 0.924. The minimum Gasteiger partial charge on any atom is -0.378 e. The summed E-state index contributed by atoms with van der Waals surface area (Å²) in [5, 5.41) is 5.85. The molecule has 64 valence electrons. The van der Waals surface area contributed by atoms with E-state index in [0.29, 0.717) is 19.6 Å². The molecule has 0 aliphatic carbocycles. The van der Waals surface area contributed by atoms with Crippen LogP contribution in [-0.4, -0.2) is 38.8 Å². The van der Waals surface area contributed by atoms with Crippen molar-refractivity contribution in [3.05, 3.63) is 0 Å². The van der Waals surface area contributed by atoms with Gasteiger partial charge in [-0.3, -0.25) is 4.79 Å². The summed E-state index contributed by atoms with van der Waals surface area (Å²) in [4.78, 5) is 10.9. The molecule has 1 saturated heterocycles. The number of hydrogen-bond acceptors (Lipinski definition) is 3. The van der Waals surface area contributed by atoms with E-state index < -0.39 is 0 Å². The third-order valence-corrected chi connectivity index (χ3v) is 1.52. The minimum atomic E-state index is 0.100. The van der Waals surface area contributed by atoms with Crippen molar-refractivity contribution in [1.82, 2.24) is 10.6 Å². The number of amides is 1. The zero-order valence-electron chi connectivity index (χ0n) is 6.56. The van der Waals surface area contributed by atoms with Crippen LogP contribution in [0.25, 0.3) is 0 Å². The quantitative estimate of drug-likeness (QED) is 0.481. The van der Waals surface area contributed by atoms with Crippen molar-refractivity contribution in [1.29, 1.82) is 0 Å². The largest absolute Gasteiger partial charge is 0.378 e. The highest BCUT2D eigenvalue weighted by Gasteiger charge is 2.01. The highest BCUT2D eigenvalue weighted by Crippen LogP contribution is 1.81. The Bertz CT molecular complexity index is 116. The third kappa shape index (κ3) is 3.95. The number of ether oxygens (including phenoxy) is 1. The summed E-state index contributed by atoms with van der Waals surface area (Å²) in [5.41, 5.74) is 0. The molecular weight excluding hydrogens is 144 g/mol. The van der Waals surface area contributed by atoms with E-state index in [1.165, 1.54) is 0 Å². The molecule has 1 fully saturated rings. The number of nitrogens with one attached hydrogen (secondary N) is 2. The van der Waals surface area contributed by atoms with E-state index in [1.807, 2.05) is 0 Å². The van der Waals surface area contributed by atoms with Crippen LogP contribution in [0.4, 0.5) is 0 Å². The first kappa shape index (κ1) is 8.49. The lowest BCUT2D eigenvalue weighted by Crippen LogP contribution is -2.33. The van der Waals surface area contributed by atoms with Crippen molar-refractivity contribution in [2.24, 2.45) is 0 Å². The topological polar surface area (TPSA) is 50.4 Å². The van der Waals surface area contributed by atoms with Gasteiger partial charge in [0.2, 0.25) is 5.91 Å². The molecule has 4 heteroatoms. The van der Waals surface area contributed by atoms with E-state index >= 15 is 0 Å². The summed E-state index contributed by atoms with van der Waals surface area (Å²) >= 11 is 0. The fourth-order valence-corrected chi connectivity index (χ4v) is 0.924. The second-order valence-electron chi connectivity index (χ2n) is 2.46. The molecule has 0 aromatic rings. The Labute approximate surface area is 66.3 Å². The molecule has 0 unspecified atom stereocenters. The predicted molar refractivity (Wildman–Crippen MR) is 41.3 cm³/mol. The van der Waals surface area contributed by atoms with Gasteiger partial charge in [-0.15, -0.1) is 0 Å². The second-order valence-corrected chi connectivity index (χ2v) is 2.46. The molecule has 0 radical (unpaired) electrons. The molecular formula is C7H14N2O2. The maximum absolute atomic E-state index is 10.9. The summed E-state index contributed by atoms with van der Waals surface area (Å²) in [5.74, 6) is 0.100. The summed E-state index contributed by atoms with van der Waals surface area (Å²) in [6.45, 7) is 3.57. The normalized spacial score (nSPS) is 22.4. The van der Waals surface area contributed by atoms with E-state index in [1.54, 1.807) is 0 Å². The van der Waals surface area contributed by atoms with Crippen molar-refractivity contribution < 1.29 is 9.53 Å². The molecule has 1 amide bonds. The zero-order chi connectivity index (χ0) is 7.94. The third-order valence-electron chi connectivity index (χ3n) is 1.52. The van der Waals surface area contributed by atoms with Crippen LogP contribution in [0.2, 0.25) is 0 Å². The van der Waals surface area contributed by atoms with Crippen molar-refractivity contribution in [3.63, 3.8) is 0 Å². The summed E-state index contributed by atoms with van der Waals surface area (Å²) < 4.78 is 5.18. The fraction of sp³-hybridized carbons (Fsp3) is 0.857. The van der Waals surface area contributed by atoms with E-state index in [9.17, 15) is 4.79 Å². The van der Waals surface area contributed by atoms with Crippen LogP contribution < -0.4 is 10.6 Å². The molecule has 0 atom stereocenters. The van der Waals surface area contributed by atoms with Crippen LogP contribution >= 0.6 is 0 Å². The standard InChI is InChI=1S/C7H14N2O2/c10-7-1-2-8-3-5-11-6-4-9-7/h8H,1-6H2,(H,9,10). The van der Waals surface area contributed by atoms with Gasteiger partial charge in [0, 0.05) is 26.1 Å². The zero-order valence-corrected chi connectivity index (χ0v) is 6.56. The van der Waals surface area contributed by atoms with Crippen molar-refractivity contribution >= 4 is 5.91 Å². The first-order chi connectivity index (χ1) is 5.39. The van der Waals surface area contributed by atoms with Gasteiger partial charge < -0.3 is 15.4 Å². The van der Waals surface area contributed by atoms with E-state index in [2.05, 4.69) is 10.6 Å². The monoisotopic (exact) mass is 158 g/mol. The van der Waals surface area contributed by atoms with Crippen LogP contribution in [0.5, 0.6) is 0 Å². The first-order valence-electron chi connectivity index (χ1n) is 3.95. The lowest BCUT2D eigenvalue weighted by atomic mass is 10.4. The molecule has 0 bridgehead atoms. The van der Waals surface area contributed by atoms with Crippen molar-refractivity contribution in [3.8, 4) is 0 Å². The highest BCUT2D eigenvalue weighted by atomic mass is 16.5. The van der Waals surface area contributed by atoms with Crippen molar-refractivity contribution in [2.45, 2.75) is 6.42 Å². The smallest absolute Gasteiger partial charge is 0.221 e. The average molecular weight is 158 g/mol. The summed E-state index contributed by atoms with van der Waals surface area (Å²) in [7, 11) is 0. The van der Waals surface area contributed by atoms with Gasteiger partial charge in [-0.05, 0) is 0 Å². The van der Waals surface area contributed by atoms with Crippen LogP contribution in [-0.2, 0) is 9.53 Å². The predicted octanol–water partition coefficient (Wildman–Crippen LogP) is -0.887. The Hall–Kier alpha value is -0.610. The molecule has 0 aromatic heterocycles. The maximum Gasteiger partial charge on any atom is 0.221 e. The number of carbonyl (C=O) groups is 1. The van der Waals surface area contributed by atoms with Crippen LogP contribution in [0, 0.1) is 0 Å². The Kier molecular flexibility index (Phi) is 3.93. The molecule has 0 saturated carbocycles. The second kappa shape index (κ2) is 5.09. The highest BCUT2D eigenvalue weighted by molar-refractivity contribution is 5.75. The molecule has 0 aromatic carbocycles. The van der Waals surface area contributed by atoms with Crippen LogP contribution in [0.1, 0.15) is 6.42 Å². The van der Waals surface area contributed by atoms with Gasteiger partial charge in [0.1, 0.15) is 0 Å². The average Bonchev–Trinajstić information content (AvgIpc) is 2.03. The van der Waals surface area contributed by atoms with E-state index in [0.717, 1.165) is 19.7 Å². The van der Waals surface area contributed by atoms with Gasteiger partial charge in [0.15, 0.2) is 0 Å². The Morgan fingerprint density at radius 2 is 2.00 bits per heavy atom. The molecule has 0 spiro atoms. The molecule has 1 heterocycles. The van der Waals surface area contributed by atoms with Gasteiger partial charge in [-0.25, -0.2) is 0 Å². The molecule has 1 aliphatic heterocycles. The SMILES string of the molecule is O=C1CCNCCOCCN1. The molecule has 11 heavy (non-hydrogen) atoms. The van der Waals surface area contributed by atoms with Gasteiger partial charge in [-0.2, -0.15) is 0 Å². The van der Waals surface area contributed by atoms with Gasteiger partial charge >= 0.3 is 0 Å². The Morgan fingerprint density at radius 3 is 2.91 bits per heavy atom. The van der Waals surface area contributed by atoms with E-state index in [4.69, 9.17) is 4.74 Å². The van der Waals surface area contributed by atoms with Gasteiger partial charge in [0.05, 0.1) is 13.2 Å². The molecule has 1 rings (SSSR count). The number of carbonyl (C=O) groups excluding carboxylic acids is 1. The lowest BCUT2D eigenvalue weighted by molar-refractivity contribution is -0.121. The Morgan fingerprint density at radius 1 is 1.18 bits per heavy atom. The molecule has 4 nitrogen and oxygen atoms in total. The minimum absolute atomic E-state index is 0.100. The Balaban J connectivity index is 2.17. The lowest BCUT2D eigenvalue weighted by Gasteiger charge is -2.10. The molecule has 1 aliphatic rings. The summed E-state index contributed by atoms with van der Waals surface area (Å²) in [6.07, 6.45) is 0.569.